The zero-order valence-electron chi connectivity index (χ0n) is 21.1. The van der Waals surface area contributed by atoms with Crippen molar-refractivity contribution in [3.8, 4) is 17.1 Å². The highest BCUT2D eigenvalue weighted by atomic mass is 32.2. The fourth-order valence-corrected chi connectivity index (χ4v) is 5.13. The van der Waals surface area contributed by atoms with Gasteiger partial charge in [0.25, 0.3) is 5.56 Å². The minimum Gasteiger partial charge on any atom is -0.493 e. The number of hydrogen-bond acceptors (Lipinski definition) is 7. The highest BCUT2D eigenvalue weighted by molar-refractivity contribution is 7.89. The second-order valence-corrected chi connectivity index (χ2v) is 10.4. The van der Waals surface area contributed by atoms with E-state index in [0.29, 0.717) is 41.4 Å². The molecule has 190 valence electrons. The van der Waals surface area contributed by atoms with Gasteiger partial charge in [0.15, 0.2) is 11.3 Å². The fourth-order valence-electron chi connectivity index (χ4n) is 3.78. The third-order valence-electron chi connectivity index (χ3n) is 5.74. The van der Waals surface area contributed by atoms with Gasteiger partial charge in [-0.25, -0.2) is 17.9 Å². The lowest BCUT2D eigenvalue weighted by molar-refractivity contribution is -0.131. The first-order valence-corrected chi connectivity index (χ1v) is 12.8. The predicted molar refractivity (Wildman–Crippen MR) is 132 cm³/mol. The Morgan fingerprint density at radius 3 is 2.51 bits per heavy atom. The Bertz CT molecular complexity index is 1410. The number of rotatable bonds is 9. The normalized spacial score (nSPS) is 12.8. The summed E-state index contributed by atoms with van der Waals surface area (Å²) in [5, 5.41) is 4.59. The molecular weight excluding hydrogens is 472 g/mol. The zero-order valence-corrected chi connectivity index (χ0v) is 21.9. The maximum absolute atomic E-state index is 13.4. The first kappa shape index (κ1) is 26.4. The van der Waals surface area contributed by atoms with Crippen molar-refractivity contribution in [2.24, 2.45) is 0 Å². The molecule has 2 heterocycles. The lowest BCUT2D eigenvalue weighted by Gasteiger charge is -2.26. The largest absolute Gasteiger partial charge is 0.493 e. The van der Waals surface area contributed by atoms with E-state index in [-0.39, 0.29) is 22.2 Å². The number of H-pyrrole nitrogens is 1. The molecule has 1 aromatic carbocycles. The molecule has 2 aromatic heterocycles. The Hall–Kier alpha value is -3.25. The van der Waals surface area contributed by atoms with Crippen LogP contribution in [0.5, 0.6) is 5.75 Å². The number of nitrogens with zero attached hydrogens (tertiary/aromatic N) is 5. The summed E-state index contributed by atoms with van der Waals surface area (Å²) in [6, 6.07) is 3.42. The van der Waals surface area contributed by atoms with Gasteiger partial charge in [-0.3, -0.25) is 9.59 Å². The van der Waals surface area contributed by atoms with E-state index in [2.05, 4.69) is 15.1 Å². The molecule has 12 heteroatoms. The molecule has 3 rings (SSSR count). The van der Waals surface area contributed by atoms with Crippen molar-refractivity contribution in [1.29, 1.82) is 0 Å². The second kappa shape index (κ2) is 10.2. The van der Waals surface area contributed by atoms with Crippen LogP contribution in [0.2, 0.25) is 0 Å². The molecule has 0 aliphatic carbocycles. The minimum absolute atomic E-state index is 0.0600. The van der Waals surface area contributed by atoms with Crippen LogP contribution in [0.1, 0.15) is 38.7 Å². The molecule has 0 aliphatic heterocycles. The van der Waals surface area contributed by atoms with E-state index in [1.165, 1.54) is 41.6 Å². The van der Waals surface area contributed by atoms with Gasteiger partial charge in [0.05, 0.1) is 22.8 Å². The average Bonchev–Trinajstić information content (AvgIpc) is 3.13. The number of carbonyl (C=O) groups is 1. The van der Waals surface area contributed by atoms with Crippen LogP contribution in [0, 0.1) is 6.92 Å². The number of aromatic nitrogens is 4. The molecule has 35 heavy (non-hydrogen) atoms. The Labute approximate surface area is 204 Å². The summed E-state index contributed by atoms with van der Waals surface area (Å²) in [7, 11) is 0.436. The van der Waals surface area contributed by atoms with Crippen LogP contribution < -0.4 is 10.3 Å². The van der Waals surface area contributed by atoms with E-state index < -0.39 is 16.1 Å². The fraction of sp³-hybridized carbons (Fsp3) is 0.478. The molecule has 0 fully saturated rings. The van der Waals surface area contributed by atoms with Crippen LogP contribution in [0.25, 0.3) is 16.9 Å². The molecule has 1 atom stereocenters. The number of carbonyl (C=O) groups excluding carboxylic acids is 1. The van der Waals surface area contributed by atoms with E-state index in [1.807, 2.05) is 6.92 Å². The highest BCUT2D eigenvalue weighted by Gasteiger charge is 2.31. The number of amides is 1. The molecule has 1 N–H and O–H groups in total. The van der Waals surface area contributed by atoms with E-state index in [9.17, 15) is 18.0 Å². The topological polar surface area (TPSA) is 130 Å². The van der Waals surface area contributed by atoms with Gasteiger partial charge < -0.3 is 14.6 Å². The van der Waals surface area contributed by atoms with E-state index in [0.717, 1.165) is 10.7 Å². The summed E-state index contributed by atoms with van der Waals surface area (Å²) >= 11 is 0. The lowest BCUT2D eigenvalue weighted by Crippen LogP contribution is -2.45. The molecule has 0 saturated carbocycles. The van der Waals surface area contributed by atoms with Gasteiger partial charge in [0.1, 0.15) is 17.6 Å². The van der Waals surface area contributed by atoms with Crippen LogP contribution in [0.15, 0.2) is 27.9 Å². The Morgan fingerprint density at radius 2 is 1.91 bits per heavy atom. The third-order valence-corrected chi connectivity index (χ3v) is 7.67. The van der Waals surface area contributed by atoms with E-state index in [4.69, 9.17) is 4.74 Å². The van der Waals surface area contributed by atoms with Crippen molar-refractivity contribution in [3.05, 3.63) is 40.1 Å². The Kier molecular flexibility index (Phi) is 7.65. The number of sulfonamides is 1. The monoisotopic (exact) mass is 504 g/mol. The summed E-state index contributed by atoms with van der Waals surface area (Å²) in [5.74, 6) is 0.808. The SMILES string of the molecule is CCCc1nc(C)c2c(=O)[nH]c(-c3cc(S(=O)(=O)N(C)[C@H](C)C(=O)N(C)C)ccc3OCC)nn12. The van der Waals surface area contributed by atoms with Crippen LogP contribution in [-0.2, 0) is 21.2 Å². The van der Waals surface area contributed by atoms with Crippen molar-refractivity contribution in [2.75, 3.05) is 27.7 Å². The van der Waals surface area contributed by atoms with Crippen LogP contribution in [0.3, 0.4) is 0 Å². The molecule has 0 aliphatic rings. The van der Waals surface area contributed by atoms with Gasteiger partial charge in [-0.15, -0.1) is 5.10 Å². The number of hydrogen-bond donors (Lipinski definition) is 1. The summed E-state index contributed by atoms with van der Waals surface area (Å²) < 4.78 is 35.0. The number of fused-ring (bicyclic) bond motifs is 1. The van der Waals surface area contributed by atoms with E-state index in [1.54, 1.807) is 27.9 Å². The van der Waals surface area contributed by atoms with Crippen molar-refractivity contribution in [2.45, 2.75) is 51.5 Å². The van der Waals surface area contributed by atoms with Gasteiger partial charge in [-0.1, -0.05) is 6.92 Å². The van der Waals surface area contributed by atoms with Gasteiger partial charge >= 0.3 is 0 Å². The van der Waals surface area contributed by atoms with Crippen molar-refractivity contribution >= 4 is 21.4 Å². The number of benzene rings is 1. The van der Waals surface area contributed by atoms with Gasteiger partial charge in [-0.2, -0.15) is 4.31 Å². The molecule has 0 unspecified atom stereocenters. The number of imidazole rings is 1. The van der Waals surface area contributed by atoms with Crippen molar-refractivity contribution in [3.63, 3.8) is 0 Å². The first-order chi connectivity index (χ1) is 16.4. The number of nitrogens with one attached hydrogen (secondary N) is 1. The molecule has 0 bridgehead atoms. The Morgan fingerprint density at radius 1 is 1.23 bits per heavy atom. The summed E-state index contributed by atoms with van der Waals surface area (Å²) in [6.07, 6.45) is 1.44. The molecule has 0 spiro atoms. The predicted octanol–water partition coefficient (Wildman–Crippen LogP) is 1.84. The van der Waals surface area contributed by atoms with Gasteiger partial charge in [0, 0.05) is 27.6 Å². The summed E-state index contributed by atoms with van der Waals surface area (Å²) in [6.45, 7) is 7.40. The average molecular weight is 505 g/mol. The molecule has 11 nitrogen and oxygen atoms in total. The smallest absolute Gasteiger partial charge is 0.277 e. The van der Waals surface area contributed by atoms with Crippen LogP contribution in [-0.4, -0.2) is 76.9 Å². The maximum atomic E-state index is 13.4. The van der Waals surface area contributed by atoms with Gasteiger partial charge in [0.2, 0.25) is 15.9 Å². The number of ether oxygens (including phenoxy) is 1. The van der Waals surface area contributed by atoms with Crippen LogP contribution in [0.4, 0.5) is 0 Å². The molecular formula is C23H32N6O5S. The van der Waals surface area contributed by atoms with Crippen molar-refractivity contribution < 1.29 is 17.9 Å². The molecule has 1 amide bonds. The Balaban J connectivity index is 2.19. The van der Waals surface area contributed by atoms with E-state index >= 15 is 0 Å². The van der Waals surface area contributed by atoms with Gasteiger partial charge in [-0.05, 0) is 45.4 Å². The summed E-state index contributed by atoms with van der Waals surface area (Å²) in [4.78, 5) is 33.8. The zero-order chi connectivity index (χ0) is 26.1. The number of aromatic amines is 1. The molecule has 0 saturated heterocycles. The number of likely N-dealkylation sites (N-methyl/N-ethyl adjacent to an activating group) is 2. The lowest BCUT2D eigenvalue weighted by atomic mass is 10.2. The third kappa shape index (κ3) is 4.94. The quantitative estimate of drug-likeness (QED) is 0.471. The van der Waals surface area contributed by atoms with Crippen LogP contribution >= 0.6 is 0 Å². The maximum Gasteiger partial charge on any atom is 0.277 e. The minimum atomic E-state index is -4.05. The number of aryl methyl sites for hydroxylation is 2. The molecule has 0 radical (unpaired) electrons. The van der Waals surface area contributed by atoms with Crippen molar-refractivity contribution in [1.82, 2.24) is 28.8 Å². The molecule has 3 aromatic rings. The summed E-state index contributed by atoms with van der Waals surface area (Å²) in [5.41, 5.74) is 0.826. The first-order valence-electron chi connectivity index (χ1n) is 11.4. The second-order valence-electron chi connectivity index (χ2n) is 8.45. The standard InChI is InChI=1S/C23H32N6O5S/c1-8-10-19-24-14(3)20-22(30)25-21(26-29(19)20)17-13-16(11-12-18(17)34-9-2)35(32,33)28(7)15(4)23(31)27(5)6/h11-13,15H,8-10H2,1-7H3,(H,25,26,30)/t15-/m1/s1. The highest BCUT2D eigenvalue weighted by Crippen LogP contribution is 2.31.